The number of nitrogens with zero attached hydrogens (tertiary/aromatic N) is 1. The number of carbonyl (C=O) groups excluding carboxylic acids is 1. The van der Waals surface area contributed by atoms with Gasteiger partial charge < -0.3 is 11.1 Å². The Morgan fingerprint density at radius 3 is 2.42 bits per heavy atom. The molecule has 0 aromatic heterocycles. The molecule has 1 aliphatic heterocycles. The molecule has 0 unspecified atom stereocenters. The van der Waals surface area contributed by atoms with Crippen LogP contribution in [-0.2, 0) is 17.8 Å². The minimum Gasteiger partial charge on any atom is -0.324 e. The third-order valence-electron chi connectivity index (χ3n) is 5.17. The number of likely N-dealkylation sites (tertiary alicyclic amines) is 1. The van der Waals surface area contributed by atoms with Gasteiger partial charge in [-0.2, -0.15) is 0 Å². The number of nitrogens with one attached hydrogen (secondary N) is 1. The number of hydrogen-bond acceptors (Lipinski definition) is 3. The number of rotatable bonds is 5. The molecule has 0 atom stereocenters. The van der Waals surface area contributed by atoms with Crippen LogP contribution in [0.1, 0.15) is 30.9 Å². The zero-order chi connectivity index (χ0) is 18.6. The summed E-state index contributed by atoms with van der Waals surface area (Å²) >= 11 is 6.25. The van der Waals surface area contributed by atoms with Gasteiger partial charge in [0.2, 0.25) is 5.91 Å². The van der Waals surface area contributed by atoms with E-state index in [-0.39, 0.29) is 5.91 Å². The average Bonchev–Trinajstić information content (AvgIpc) is 2.66. The van der Waals surface area contributed by atoms with Gasteiger partial charge >= 0.3 is 0 Å². The second-order valence-corrected chi connectivity index (χ2v) is 7.44. The minimum atomic E-state index is -0.819. The van der Waals surface area contributed by atoms with Crippen molar-refractivity contribution in [1.82, 2.24) is 4.90 Å². The van der Waals surface area contributed by atoms with Gasteiger partial charge in [0.25, 0.3) is 0 Å². The first-order chi connectivity index (χ1) is 12.5. The number of nitrogens with two attached hydrogens (primary N) is 1. The Morgan fingerprint density at radius 1 is 1.15 bits per heavy atom. The number of halogens is 1. The second kappa shape index (κ2) is 8.21. The van der Waals surface area contributed by atoms with E-state index < -0.39 is 5.54 Å². The Labute approximate surface area is 160 Å². The molecule has 0 radical (unpaired) electrons. The van der Waals surface area contributed by atoms with Crippen LogP contribution in [0.25, 0.3) is 0 Å². The number of amides is 1. The Bertz CT molecular complexity index is 752. The summed E-state index contributed by atoms with van der Waals surface area (Å²) < 4.78 is 0. The Morgan fingerprint density at radius 2 is 1.81 bits per heavy atom. The summed E-state index contributed by atoms with van der Waals surface area (Å²) in [5.74, 6) is -0.0980. The van der Waals surface area contributed by atoms with E-state index in [1.54, 1.807) is 0 Å². The van der Waals surface area contributed by atoms with Crippen LogP contribution in [0.15, 0.2) is 48.5 Å². The molecule has 4 nitrogen and oxygen atoms in total. The molecule has 1 aliphatic rings. The molecule has 0 saturated carbocycles. The van der Waals surface area contributed by atoms with Crippen LogP contribution in [-0.4, -0.2) is 29.4 Å². The van der Waals surface area contributed by atoms with E-state index >= 15 is 0 Å². The van der Waals surface area contributed by atoms with Gasteiger partial charge in [-0.25, -0.2) is 0 Å². The first-order valence-electron chi connectivity index (χ1n) is 9.15. The van der Waals surface area contributed by atoms with Gasteiger partial charge in [-0.3, -0.25) is 9.69 Å². The summed E-state index contributed by atoms with van der Waals surface area (Å²) in [6, 6.07) is 15.8. The summed E-state index contributed by atoms with van der Waals surface area (Å²) in [6.07, 6.45) is 2.25. The van der Waals surface area contributed by atoms with E-state index in [1.165, 1.54) is 5.56 Å². The minimum absolute atomic E-state index is 0.0980. The Kier molecular flexibility index (Phi) is 5.97. The van der Waals surface area contributed by atoms with E-state index in [2.05, 4.69) is 17.1 Å². The van der Waals surface area contributed by atoms with Crippen molar-refractivity contribution >= 4 is 23.2 Å². The summed E-state index contributed by atoms with van der Waals surface area (Å²) in [5.41, 5.74) is 8.77. The molecule has 1 saturated heterocycles. The number of aryl methyl sites for hydroxylation is 1. The third-order valence-corrected chi connectivity index (χ3v) is 5.54. The fourth-order valence-corrected chi connectivity index (χ4v) is 3.48. The van der Waals surface area contributed by atoms with E-state index in [0.717, 1.165) is 42.3 Å². The first-order valence-corrected chi connectivity index (χ1v) is 9.53. The third kappa shape index (κ3) is 4.44. The molecule has 138 valence electrons. The smallest absolute Gasteiger partial charge is 0.244 e. The SMILES string of the molecule is CCc1ccc(NC(=O)C2(N)CCN(Cc3ccccc3Cl)CC2)cc1. The number of carbonyl (C=O) groups is 1. The average molecular weight is 372 g/mol. The van der Waals surface area contributed by atoms with Crippen molar-refractivity contribution in [2.45, 2.75) is 38.3 Å². The lowest BCUT2D eigenvalue weighted by Gasteiger charge is -2.38. The van der Waals surface area contributed by atoms with Crippen LogP contribution in [0.2, 0.25) is 5.02 Å². The molecule has 3 rings (SSSR count). The topological polar surface area (TPSA) is 58.4 Å². The highest BCUT2D eigenvalue weighted by molar-refractivity contribution is 6.31. The molecule has 1 fully saturated rings. The van der Waals surface area contributed by atoms with E-state index in [4.69, 9.17) is 17.3 Å². The predicted octanol–water partition coefficient (Wildman–Crippen LogP) is 3.83. The Balaban J connectivity index is 1.56. The summed E-state index contributed by atoms with van der Waals surface area (Å²) in [5, 5.41) is 3.76. The quantitative estimate of drug-likeness (QED) is 0.839. The largest absolute Gasteiger partial charge is 0.324 e. The summed E-state index contributed by atoms with van der Waals surface area (Å²) in [6.45, 7) is 4.46. The molecule has 2 aromatic rings. The van der Waals surface area contributed by atoms with Crippen LogP contribution < -0.4 is 11.1 Å². The molecule has 1 amide bonds. The lowest BCUT2D eigenvalue weighted by atomic mass is 9.87. The van der Waals surface area contributed by atoms with E-state index in [9.17, 15) is 4.79 Å². The van der Waals surface area contributed by atoms with Gasteiger partial charge in [0, 0.05) is 30.3 Å². The monoisotopic (exact) mass is 371 g/mol. The molecule has 2 aromatic carbocycles. The number of benzene rings is 2. The first kappa shape index (κ1) is 18.9. The van der Waals surface area contributed by atoms with Crippen molar-refractivity contribution in [3.63, 3.8) is 0 Å². The lowest BCUT2D eigenvalue weighted by molar-refractivity contribution is -0.122. The van der Waals surface area contributed by atoms with Gasteiger partial charge in [-0.1, -0.05) is 48.9 Å². The maximum Gasteiger partial charge on any atom is 0.244 e. The fraction of sp³-hybridized carbons (Fsp3) is 0.381. The van der Waals surface area contributed by atoms with Crippen LogP contribution in [0, 0.1) is 0 Å². The zero-order valence-corrected chi connectivity index (χ0v) is 15.9. The van der Waals surface area contributed by atoms with Crippen molar-refractivity contribution < 1.29 is 4.79 Å². The van der Waals surface area contributed by atoms with Gasteiger partial charge in [0.1, 0.15) is 0 Å². The molecule has 5 heteroatoms. The number of hydrogen-bond donors (Lipinski definition) is 2. The number of anilines is 1. The summed E-state index contributed by atoms with van der Waals surface area (Å²) in [4.78, 5) is 15.0. The maximum absolute atomic E-state index is 12.7. The predicted molar refractivity (Wildman–Crippen MR) is 107 cm³/mol. The van der Waals surface area contributed by atoms with Gasteiger partial charge in [-0.05, 0) is 48.6 Å². The standard InChI is InChI=1S/C21H26ClN3O/c1-2-16-7-9-18(10-8-16)24-20(26)21(23)11-13-25(14-12-21)15-17-5-3-4-6-19(17)22/h3-10H,2,11-15,23H2,1H3,(H,24,26). The van der Waals surface area contributed by atoms with Crippen LogP contribution in [0.5, 0.6) is 0 Å². The molecular formula is C21H26ClN3O. The maximum atomic E-state index is 12.7. The highest BCUT2D eigenvalue weighted by atomic mass is 35.5. The molecule has 0 bridgehead atoms. The zero-order valence-electron chi connectivity index (χ0n) is 15.2. The highest BCUT2D eigenvalue weighted by Gasteiger charge is 2.37. The van der Waals surface area contributed by atoms with Crippen molar-refractivity contribution in [2.75, 3.05) is 18.4 Å². The lowest BCUT2D eigenvalue weighted by Crippen LogP contribution is -2.57. The van der Waals surface area contributed by atoms with Crippen LogP contribution >= 0.6 is 11.6 Å². The highest BCUT2D eigenvalue weighted by Crippen LogP contribution is 2.25. The van der Waals surface area contributed by atoms with E-state index in [0.29, 0.717) is 12.8 Å². The van der Waals surface area contributed by atoms with Crippen molar-refractivity contribution in [3.05, 3.63) is 64.7 Å². The fourth-order valence-electron chi connectivity index (χ4n) is 3.28. The van der Waals surface area contributed by atoms with Gasteiger partial charge in [0.05, 0.1) is 5.54 Å². The van der Waals surface area contributed by atoms with Gasteiger partial charge in [0.15, 0.2) is 0 Å². The van der Waals surface area contributed by atoms with Gasteiger partial charge in [-0.15, -0.1) is 0 Å². The Hall–Kier alpha value is -1.88. The van der Waals surface area contributed by atoms with Crippen LogP contribution in [0.3, 0.4) is 0 Å². The van der Waals surface area contributed by atoms with Crippen molar-refractivity contribution in [2.24, 2.45) is 5.73 Å². The van der Waals surface area contributed by atoms with E-state index in [1.807, 2.05) is 48.5 Å². The number of piperidine rings is 1. The molecule has 0 spiro atoms. The molecule has 1 heterocycles. The normalized spacial score (nSPS) is 17.0. The second-order valence-electron chi connectivity index (χ2n) is 7.03. The van der Waals surface area contributed by atoms with Crippen molar-refractivity contribution in [1.29, 1.82) is 0 Å². The van der Waals surface area contributed by atoms with Crippen LogP contribution in [0.4, 0.5) is 5.69 Å². The molecule has 0 aliphatic carbocycles. The molecule has 26 heavy (non-hydrogen) atoms. The molecular weight excluding hydrogens is 346 g/mol. The summed E-state index contributed by atoms with van der Waals surface area (Å²) in [7, 11) is 0. The van der Waals surface area contributed by atoms with Crippen molar-refractivity contribution in [3.8, 4) is 0 Å². The molecule has 3 N–H and O–H groups in total.